The van der Waals surface area contributed by atoms with Crippen molar-refractivity contribution >= 4 is 11.8 Å². The van der Waals surface area contributed by atoms with Crippen molar-refractivity contribution in [3.63, 3.8) is 0 Å². The minimum Gasteiger partial charge on any atom is -0.349 e. The number of rotatable bonds is 4. The van der Waals surface area contributed by atoms with Gasteiger partial charge in [0.2, 0.25) is 11.8 Å². The first-order valence-corrected chi connectivity index (χ1v) is 7.68. The summed E-state index contributed by atoms with van der Waals surface area (Å²) in [6.45, 7) is 4.63. The fourth-order valence-electron chi connectivity index (χ4n) is 2.74. The van der Waals surface area contributed by atoms with Crippen molar-refractivity contribution in [1.29, 1.82) is 0 Å². The Hall–Kier alpha value is -1.91. The molecule has 1 aliphatic heterocycles. The normalized spacial score (nSPS) is 20.1. The van der Waals surface area contributed by atoms with Crippen LogP contribution in [-0.4, -0.2) is 30.3 Å². The van der Waals surface area contributed by atoms with E-state index in [0.29, 0.717) is 13.0 Å². The van der Waals surface area contributed by atoms with Crippen LogP contribution >= 0.6 is 0 Å². The molecule has 1 aromatic carbocycles. The topological polar surface area (TPSA) is 49.4 Å². The second-order valence-electron chi connectivity index (χ2n) is 6.29. The van der Waals surface area contributed by atoms with Gasteiger partial charge in [-0.05, 0) is 30.0 Å². The van der Waals surface area contributed by atoms with Gasteiger partial charge < -0.3 is 10.2 Å². The molecule has 1 saturated heterocycles. The highest BCUT2D eigenvalue weighted by atomic mass is 19.1. The van der Waals surface area contributed by atoms with Crippen LogP contribution in [-0.2, 0) is 9.59 Å². The van der Waals surface area contributed by atoms with Crippen LogP contribution in [0.25, 0.3) is 0 Å². The van der Waals surface area contributed by atoms with Crippen molar-refractivity contribution in [3.8, 4) is 0 Å². The number of halogens is 1. The smallest absolute Gasteiger partial charge is 0.224 e. The maximum absolute atomic E-state index is 13.1. The first-order valence-electron chi connectivity index (χ1n) is 7.68. The monoisotopic (exact) mass is 306 g/mol. The number of likely N-dealkylation sites (tertiary alicyclic amines) is 1. The highest BCUT2D eigenvalue weighted by Gasteiger charge is 2.30. The van der Waals surface area contributed by atoms with Gasteiger partial charge in [0.05, 0.1) is 6.04 Å². The lowest BCUT2D eigenvalue weighted by Gasteiger charge is -2.30. The van der Waals surface area contributed by atoms with Crippen LogP contribution < -0.4 is 5.32 Å². The van der Waals surface area contributed by atoms with Gasteiger partial charge in [0.1, 0.15) is 5.82 Å². The molecule has 0 bridgehead atoms. The summed E-state index contributed by atoms with van der Waals surface area (Å²) in [7, 11) is 1.76. The SMILES string of the molecule is CC(C)[C@@H](NC(=O)[C@H]1CCN(C)C(=O)C1)c1ccc(F)cc1. The standard InChI is InChI=1S/C17H23FN2O2/c1-11(2)16(12-4-6-14(18)7-5-12)19-17(22)13-8-9-20(3)15(21)10-13/h4-7,11,13,16H,8-10H2,1-3H3,(H,19,22)/t13-,16+/m0/s1. The molecule has 1 aromatic rings. The largest absolute Gasteiger partial charge is 0.349 e. The van der Waals surface area contributed by atoms with Crippen molar-refractivity contribution in [2.24, 2.45) is 11.8 Å². The molecule has 0 radical (unpaired) electrons. The first-order chi connectivity index (χ1) is 10.4. The maximum atomic E-state index is 13.1. The van der Waals surface area contributed by atoms with E-state index in [9.17, 15) is 14.0 Å². The predicted octanol–water partition coefficient (Wildman–Crippen LogP) is 2.51. The van der Waals surface area contributed by atoms with Gasteiger partial charge in [-0.25, -0.2) is 4.39 Å². The van der Waals surface area contributed by atoms with Crippen LogP contribution in [0.3, 0.4) is 0 Å². The predicted molar refractivity (Wildman–Crippen MR) is 82.5 cm³/mol. The lowest BCUT2D eigenvalue weighted by Crippen LogP contribution is -2.43. The summed E-state index contributed by atoms with van der Waals surface area (Å²) in [5.41, 5.74) is 0.879. The molecular formula is C17H23FN2O2. The third-order valence-electron chi connectivity index (χ3n) is 4.22. The summed E-state index contributed by atoms with van der Waals surface area (Å²) in [5.74, 6) is -0.473. The zero-order chi connectivity index (χ0) is 16.3. The van der Waals surface area contributed by atoms with E-state index in [-0.39, 0.29) is 41.9 Å². The van der Waals surface area contributed by atoms with E-state index in [1.54, 1.807) is 24.1 Å². The molecule has 1 N–H and O–H groups in total. The highest BCUT2D eigenvalue weighted by molar-refractivity contribution is 5.87. The summed E-state index contributed by atoms with van der Waals surface area (Å²) in [6, 6.07) is 6.01. The first kappa shape index (κ1) is 16.5. The van der Waals surface area contributed by atoms with Gasteiger partial charge in [-0.1, -0.05) is 26.0 Å². The van der Waals surface area contributed by atoms with E-state index < -0.39 is 0 Å². The van der Waals surface area contributed by atoms with E-state index >= 15 is 0 Å². The molecule has 2 rings (SSSR count). The fraction of sp³-hybridized carbons (Fsp3) is 0.529. The minimum atomic E-state index is -0.293. The van der Waals surface area contributed by atoms with Crippen molar-refractivity contribution in [1.82, 2.24) is 10.2 Å². The van der Waals surface area contributed by atoms with Crippen molar-refractivity contribution in [2.45, 2.75) is 32.7 Å². The highest BCUT2D eigenvalue weighted by Crippen LogP contribution is 2.24. The van der Waals surface area contributed by atoms with E-state index in [2.05, 4.69) is 5.32 Å². The molecule has 2 amide bonds. The Labute approximate surface area is 130 Å². The van der Waals surface area contributed by atoms with E-state index in [1.165, 1.54) is 12.1 Å². The van der Waals surface area contributed by atoms with Gasteiger partial charge in [-0.3, -0.25) is 9.59 Å². The Morgan fingerprint density at radius 2 is 1.95 bits per heavy atom. The molecular weight excluding hydrogens is 283 g/mol. The van der Waals surface area contributed by atoms with Gasteiger partial charge >= 0.3 is 0 Å². The summed E-state index contributed by atoms with van der Waals surface area (Å²) in [5, 5.41) is 3.03. The molecule has 5 heteroatoms. The van der Waals surface area contributed by atoms with Crippen LogP contribution in [0.5, 0.6) is 0 Å². The van der Waals surface area contributed by atoms with Crippen molar-refractivity contribution in [2.75, 3.05) is 13.6 Å². The van der Waals surface area contributed by atoms with Gasteiger partial charge in [0.25, 0.3) is 0 Å². The lowest BCUT2D eigenvalue weighted by molar-refractivity contribution is -0.139. The van der Waals surface area contributed by atoms with E-state index in [1.807, 2.05) is 13.8 Å². The van der Waals surface area contributed by atoms with Crippen LogP contribution in [0.2, 0.25) is 0 Å². The van der Waals surface area contributed by atoms with Gasteiger partial charge in [0.15, 0.2) is 0 Å². The maximum Gasteiger partial charge on any atom is 0.224 e. The number of hydrogen-bond donors (Lipinski definition) is 1. The average Bonchev–Trinajstić information content (AvgIpc) is 2.48. The summed E-state index contributed by atoms with van der Waals surface area (Å²) < 4.78 is 13.1. The van der Waals surface area contributed by atoms with Crippen LogP contribution in [0.1, 0.15) is 38.3 Å². The molecule has 4 nitrogen and oxygen atoms in total. The molecule has 0 saturated carbocycles. The molecule has 0 unspecified atom stereocenters. The summed E-state index contributed by atoms with van der Waals surface area (Å²) in [4.78, 5) is 25.8. The third kappa shape index (κ3) is 3.84. The van der Waals surface area contributed by atoms with Gasteiger partial charge in [0, 0.05) is 25.9 Å². The molecule has 120 valence electrons. The summed E-state index contributed by atoms with van der Waals surface area (Å²) in [6.07, 6.45) is 0.943. The average molecular weight is 306 g/mol. The lowest BCUT2D eigenvalue weighted by atomic mass is 9.92. The number of nitrogens with zero attached hydrogens (tertiary/aromatic N) is 1. The molecule has 22 heavy (non-hydrogen) atoms. The Bertz CT molecular complexity index is 542. The van der Waals surface area contributed by atoms with Crippen molar-refractivity contribution in [3.05, 3.63) is 35.6 Å². The minimum absolute atomic E-state index is 0.00859. The fourth-order valence-corrected chi connectivity index (χ4v) is 2.74. The Balaban J connectivity index is 2.06. The Morgan fingerprint density at radius 3 is 2.50 bits per heavy atom. The molecule has 2 atom stereocenters. The zero-order valence-corrected chi connectivity index (χ0v) is 13.3. The quantitative estimate of drug-likeness (QED) is 0.929. The van der Waals surface area contributed by atoms with Crippen molar-refractivity contribution < 1.29 is 14.0 Å². The molecule has 1 aliphatic rings. The van der Waals surface area contributed by atoms with Gasteiger partial charge in [-0.15, -0.1) is 0 Å². The number of amides is 2. The molecule has 0 aliphatic carbocycles. The number of benzene rings is 1. The molecule has 1 fully saturated rings. The summed E-state index contributed by atoms with van der Waals surface area (Å²) >= 11 is 0. The third-order valence-corrected chi connectivity index (χ3v) is 4.22. The number of hydrogen-bond acceptors (Lipinski definition) is 2. The Morgan fingerprint density at radius 1 is 1.32 bits per heavy atom. The number of carbonyl (C=O) groups is 2. The van der Waals surface area contributed by atoms with Gasteiger partial charge in [-0.2, -0.15) is 0 Å². The Kier molecular flexibility index (Phi) is 5.16. The molecule has 0 spiro atoms. The van der Waals surface area contributed by atoms with Crippen LogP contribution in [0.15, 0.2) is 24.3 Å². The van der Waals surface area contributed by atoms with E-state index in [0.717, 1.165) is 5.56 Å². The second kappa shape index (κ2) is 6.90. The van der Waals surface area contributed by atoms with Crippen LogP contribution in [0, 0.1) is 17.7 Å². The second-order valence-corrected chi connectivity index (χ2v) is 6.29. The molecule has 0 aromatic heterocycles. The molecule has 1 heterocycles. The number of carbonyl (C=O) groups excluding carboxylic acids is 2. The van der Waals surface area contributed by atoms with Crippen LogP contribution in [0.4, 0.5) is 4.39 Å². The van der Waals surface area contributed by atoms with E-state index in [4.69, 9.17) is 0 Å². The number of piperidine rings is 1. The number of nitrogens with one attached hydrogen (secondary N) is 1. The zero-order valence-electron chi connectivity index (χ0n) is 13.3.